The van der Waals surface area contributed by atoms with Gasteiger partial charge in [-0.1, -0.05) is 30.3 Å². The van der Waals surface area contributed by atoms with Crippen LogP contribution in [-0.4, -0.2) is 48.3 Å². The number of fused-ring (bicyclic) bond motifs is 1. The van der Waals surface area contributed by atoms with Crippen LogP contribution in [0.15, 0.2) is 60.9 Å². The SMILES string of the molecule is C[C@H]1O[C@@H](n2nc(-c3ccccc3)c3c(Nc4ccc(F)cc4)ncnc32)[C@@H](O)[C@H]1O. The number of halogens is 1. The molecule has 2 aromatic heterocycles. The molecule has 0 unspecified atom stereocenters. The van der Waals surface area contributed by atoms with Gasteiger partial charge in [-0.05, 0) is 31.2 Å². The maximum Gasteiger partial charge on any atom is 0.181 e. The van der Waals surface area contributed by atoms with Crippen molar-refractivity contribution in [1.82, 2.24) is 19.7 Å². The summed E-state index contributed by atoms with van der Waals surface area (Å²) in [4.78, 5) is 8.77. The third-order valence-corrected chi connectivity index (χ3v) is 5.36. The monoisotopic (exact) mass is 421 g/mol. The van der Waals surface area contributed by atoms with Crippen molar-refractivity contribution in [3.05, 3.63) is 66.7 Å². The van der Waals surface area contributed by atoms with E-state index in [1.807, 2.05) is 30.3 Å². The maximum atomic E-state index is 13.3. The molecular weight excluding hydrogens is 401 g/mol. The summed E-state index contributed by atoms with van der Waals surface area (Å²) in [5.74, 6) is 0.138. The van der Waals surface area contributed by atoms with Crippen molar-refractivity contribution in [2.45, 2.75) is 31.5 Å². The Kier molecular flexibility index (Phi) is 4.85. The predicted octanol–water partition coefficient (Wildman–Crippen LogP) is 3.02. The van der Waals surface area contributed by atoms with Crippen LogP contribution in [0.3, 0.4) is 0 Å². The molecule has 1 saturated heterocycles. The summed E-state index contributed by atoms with van der Waals surface area (Å²) in [5.41, 5.74) is 2.49. The topological polar surface area (TPSA) is 105 Å². The summed E-state index contributed by atoms with van der Waals surface area (Å²) >= 11 is 0. The average molecular weight is 421 g/mol. The Balaban J connectivity index is 1.69. The molecule has 0 amide bonds. The van der Waals surface area contributed by atoms with Gasteiger partial charge in [-0.2, -0.15) is 5.10 Å². The highest BCUT2D eigenvalue weighted by atomic mass is 19.1. The molecule has 0 aliphatic carbocycles. The van der Waals surface area contributed by atoms with E-state index in [1.165, 1.54) is 23.1 Å². The van der Waals surface area contributed by atoms with Gasteiger partial charge in [0.1, 0.15) is 35.9 Å². The van der Waals surface area contributed by atoms with Gasteiger partial charge in [-0.25, -0.2) is 19.0 Å². The molecule has 4 aromatic rings. The Labute approximate surface area is 177 Å². The lowest BCUT2D eigenvalue weighted by molar-refractivity contribution is -0.0370. The van der Waals surface area contributed by atoms with E-state index in [-0.39, 0.29) is 5.82 Å². The fourth-order valence-corrected chi connectivity index (χ4v) is 3.74. The molecule has 0 spiro atoms. The van der Waals surface area contributed by atoms with E-state index in [1.54, 1.807) is 19.1 Å². The molecule has 1 aliphatic rings. The molecule has 8 nitrogen and oxygen atoms in total. The number of nitrogens with zero attached hydrogens (tertiary/aromatic N) is 4. The van der Waals surface area contributed by atoms with E-state index in [4.69, 9.17) is 9.84 Å². The molecule has 1 aliphatic heterocycles. The number of ether oxygens (including phenoxy) is 1. The number of aliphatic hydroxyl groups is 2. The minimum Gasteiger partial charge on any atom is -0.388 e. The molecule has 3 N–H and O–H groups in total. The Hall–Kier alpha value is -3.40. The zero-order chi connectivity index (χ0) is 21.5. The van der Waals surface area contributed by atoms with E-state index in [2.05, 4.69) is 15.3 Å². The summed E-state index contributed by atoms with van der Waals surface area (Å²) in [6.45, 7) is 1.69. The Bertz CT molecular complexity index is 1220. The minimum absolute atomic E-state index is 0.337. The molecule has 1 fully saturated rings. The summed E-state index contributed by atoms with van der Waals surface area (Å²) < 4.78 is 20.6. The van der Waals surface area contributed by atoms with Gasteiger partial charge in [-0.15, -0.1) is 0 Å². The van der Waals surface area contributed by atoms with Crippen molar-refractivity contribution < 1.29 is 19.3 Å². The highest BCUT2D eigenvalue weighted by Gasteiger charge is 2.43. The summed E-state index contributed by atoms with van der Waals surface area (Å²) in [6, 6.07) is 15.4. The normalized spacial score (nSPS) is 23.4. The number of nitrogens with one attached hydrogen (secondary N) is 1. The molecule has 9 heteroatoms. The first-order valence-corrected chi connectivity index (χ1v) is 9.86. The van der Waals surface area contributed by atoms with Gasteiger partial charge in [0.15, 0.2) is 11.9 Å². The van der Waals surface area contributed by atoms with Gasteiger partial charge in [-0.3, -0.25) is 0 Å². The molecule has 0 saturated carbocycles. The zero-order valence-electron chi connectivity index (χ0n) is 16.6. The van der Waals surface area contributed by atoms with E-state index in [0.29, 0.717) is 28.2 Å². The van der Waals surface area contributed by atoms with Crippen LogP contribution in [0.25, 0.3) is 22.3 Å². The number of aromatic nitrogens is 4. The fraction of sp³-hybridized carbons (Fsp3) is 0.227. The second-order valence-corrected chi connectivity index (χ2v) is 7.42. The molecule has 0 radical (unpaired) electrons. The van der Waals surface area contributed by atoms with Gasteiger partial charge in [0, 0.05) is 11.3 Å². The predicted molar refractivity (Wildman–Crippen MR) is 112 cm³/mol. The number of anilines is 2. The summed E-state index contributed by atoms with van der Waals surface area (Å²) in [7, 11) is 0. The van der Waals surface area contributed by atoms with E-state index in [9.17, 15) is 14.6 Å². The lowest BCUT2D eigenvalue weighted by Gasteiger charge is -2.15. The smallest absolute Gasteiger partial charge is 0.181 e. The van der Waals surface area contributed by atoms with Crippen LogP contribution in [-0.2, 0) is 4.74 Å². The average Bonchev–Trinajstić information content (AvgIpc) is 3.30. The van der Waals surface area contributed by atoms with Crippen molar-refractivity contribution in [1.29, 1.82) is 0 Å². The molecule has 0 bridgehead atoms. The van der Waals surface area contributed by atoms with Crippen molar-refractivity contribution in [2.75, 3.05) is 5.32 Å². The van der Waals surface area contributed by atoms with Crippen molar-refractivity contribution in [2.24, 2.45) is 0 Å². The Morgan fingerprint density at radius 2 is 1.74 bits per heavy atom. The van der Waals surface area contributed by atoms with Crippen LogP contribution < -0.4 is 5.32 Å². The lowest BCUT2D eigenvalue weighted by atomic mass is 10.1. The zero-order valence-corrected chi connectivity index (χ0v) is 16.6. The highest BCUT2D eigenvalue weighted by molar-refractivity contribution is 6.00. The van der Waals surface area contributed by atoms with E-state index in [0.717, 1.165) is 5.56 Å². The molecule has 5 rings (SSSR count). The number of benzene rings is 2. The van der Waals surface area contributed by atoms with E-state index < -0.39 is 24.5 Å². The van der Waals surface area contributed by atoms with Gasteiger partial charge in [0.25, 0.3) is 0 Å². The van der Waals surface area contributed by atoms with Gasteiger partial charge >= 0.3 is 0 Å². The third kappa shape index (κ3) is 3.42. The summed E-state index contributed by atoms with van der Waals surface area (Å²) in [5, 5.41) is 29.2. The second-order valence-electron chi connectivity index (χ2n) is 7.42. The van der Waals surface area contributed by atoms with Crippen molar-refractivity contribution in [3.8, 4) is 11.3 Å². The van der Waals surface area contributed by atoms with Crippen molar-refractivity contribution in [3.63, 3.8) is 0 Å². The second kappa shape index (κ2) is 7.69. The molecule has 4 atom stereocenters. The number of rotatable bonds is 4. The standard InChI is InChI=1S/C22H20FN5O3/c1-12-18(29)19(30)22(31-12)28-21-16(17(27-28)13-5-3-2-4-6-13)20(24-11-25-21)26-15-9-7-14(23)8-10-15/h2-12,18-19,22,29-30H,1H3,(H,24,25,26)/t12-,18+,19+,22-/m1/s1. The largest absolute Gasteiger partial charge is 0.388 e. The maximum absolute atomic E-state index is 13.3. The first kappa shape index (κ1) is 19.6. The molecular formula is C22H20FN5O3. The number of hydrogen-bond acceptors (Lipinski definition) is 7. The fourth-order valence-electron chi connectivity index (χ4n) is 3.74. The van der Waals surface area contributed by atoms with Gasteiger partial charge in [0.05, 0.1) is 11.5 Å². The molecule has 2 aromatic carbocycles. The molecule has 158 valence electrons. The van der Waals surface area contributed by atoms with Crippen LogP contribution in [0, 0.1) is 5.82 Å². The lowest BCUT2D eigenvalue weighted by Crippen LogP contribution is -2.30. The molecule has 31 heavy (non-hydrogen) atoms. The number of aliphatic hydroxyl groups excluding tert-OH is 2. The Morgan fingerprint density at radius 1 is 1.00 bits per heavy atom. The van der Waals surface area contributed by atoms with Crippen LogP contribution in [0.4, 0.5) is 15.9 Å². The van der Waals surface area contributed by atoms with Crippen LogP contribution in [0.1, 0.15) is 13.2 Å². The van der Waals surface area contributed by atoms with Crippen LogP contribution in [0.5, 0.6) is 0 Å². The van der Waals surface area contributed by atoms with Gasteiger partial charge in [0.2, 0.25) is 0 Å². The van der Waals surface area contributed by atoms with Crippen molar-refractivity contribution >= 4 is 22.5 Å². The Morgan fingerprint density at radius 3 is 2.42 bits per heavy atom. The van der Waals surface area contributed by atoms with Crippen LogP contribution in [0.2, 0.25) is 0 Å². The first-order chi connectivity index (χ1) is 15.0. The van der Waals surface area contributed by atoms with Gasteiger partial charge < -0.3 is 20.3 Å². The minimum atomic E-state index is -1.16. The van der Waals surface area contributed by atoms with E-state index >= 15 is 0 Å². The highest BCUT2D eigenvalue weighted by Crippen LogP contribution is 2.37. The number of hydrogen-bond donors (Lipinski definition) is 3. The molecule has 3 heterocycles. The summed E-state index contributed by atoms with van der Waals surface area (Å²) in [6.07, 6.45) is -2.28. The third-order valence-electron chi connectivity index (χ3n) is 5.36. The first-order valence-electron chi connectivity index (χ1n) is 9.86. The van der Waals surface area contributed by atoms with Crippen LogP contribution >= 0.6 is 0 Å². The quantitative estimate of drug-likeness (QED) is 0.465.